The Labute approximate surface area is 199 Å². The van der Waals surface area contributed by atoms with E-state index < -0.39 is 0 Å². The Hall–Kier alpha value is -3.39. The number of amides is 2. The van der Waals surface area contributed by atoms with Crippen molar-refractivity contribution in [2.45, 2.75) is 25.7 Å². The number of hydrogen-bond acceptors (Lipinski definition) is 6. The molecule has 2 amide bonds. The van der Waals surface area contributed by atoms with E-state index in [0.29, 0.717) is 55.0 Å². The third-order valence-corrected chi connectivity index (χ3v) is 6.49. The van der Waals surface area contributed by atoms with Crippen molar-refractivity contribution in [1.29, 1.82) is 0 Å². The molecule has 0 atom stereocenters. The standard InChI is InChI=1S/C26H31N3O5/c1-33-23-9-6-19(17-24(23)34-2)22(30)4-3-11-28-12-14-29(15-13-28)26(32)20-5-8-21-18(16-20)7-10-25(31)27-21/h5-6,8-9,16-17H,3-4,7,10-15H2,1-2H3,(H,27,31). The second-order valence-electron chi connectivity index (χ2n) is 8.65. The number of Topliss-reactive ketones (excluding diaryl/α,β-unsaturated/α-hetero) is 1. The molecule has 2 aliphatic rings. The van der Waals surface area contributed by atoms with Crippen LogP contribution in [0, 0.1) is 0 Å². The van der Waals surface area contributed by atoms with Gasteiger partial charge in [-0.15, -0.1) is 0 Å². The van der Waals surface area contributed by atoms with Gasteiger partial charge in [0.25, 0.3) is 5.91 Å². The molecule has 0 aromatic heterocycles. The van der Waals surface area contributed by atoms with E-state index in [1.54, 1.807) is 38.5 Å². The first-order chi connectivity index (χ1) is 16.5. The summed E-state index contributed by atoms with van der Waals surface area (Å²) in [5.74, 6) is 1.29. The smallest absolute Gasteiger partial charge is 0.253 e. The molecule has 0 bridgehead atoms. The van der Waals surface area contributed by atoms with Gasteiger partial charge in [-0.25, -0.2) is 0 Å². The predicted molar refractivity (Wildman–Crippen MR) is 129 cm³/mol. The highest BCUT2D eigenvalue weighted by molar-refractivity contribution is 5.98. The summed E-state index contributed by atoms with van der Waals surface area (Å²) in [5.41, 5.74) is 3.12. The van der Waals surface area contributed by atoms with Gasteiger partial charge < -0.3 is 19.7 Å². The molecule has 2 heterocycles. The molecule has 1 fully saturated rings. The maximum absolute atomic E-state index is 13.0. The monoisotopic (exact) mass is 465 g/mol. The van der Waals surface area contributed by atoms with Gasteiger partial charge in [0, 0.05) is 55.8 Å². The van der Waals surface area contributed by atoms with Gasteiger partial charge in [-0.05, 0) is 61.3 Å². The molecule has 180 valence electrons. The van der Waals surface area contributed by atoms with E-state index in [0.717, 1.165) is 37.3 Å². The van der Waals surface area contributed by atoms with Crippen LogP contribution in [0.5, 0.6) is 11.5 Å². The number of benzene rings is 2. The van der Waals surface area contributed by atoms with Gasteiger partial charge in [-0.2, -0.15) is 0 Å². The van der Waals surface area contributed by atoms with Crippen LogP contribution in [0.15, 0.2) is 36.4 Å². The summed E-state index contributed by atoms with van der Waals surface area (Å²) in [6.45, 7) is 3.72. The van der Waals surface area contributed by atoms with Crippen LogP contribution in [0.25, 0.3) is 0 Å². The van der Waals surface area contributed by atoms with E-state index in [4.69, 9.17) is 9.47 Å². The SMILES string of the molecule is COc1ccc(C(=O)CCCN2CCN(C(=O)c3ccc4c(c3)CCC(=O)N4)CC2)cc1OC. The van der Waals surface area contributed by atoms with Gasteiger partial charge >= 0.3 is 0 Å². The minimum absolute atomic E-state index is 0.0214. The van der Waals surface area contributed by atoms with Crippen LogP contribution in [0.4, 0.5) is 5.69 Å². The molecule has 1 saturated heterocycles. The second kappa shape index (κ2) is 10.7. The molecule has 0 saturated carbocycles. The van der Waals surface area contributed by atoms with E-state index in [-0.39, 0.29) is 17.6 Å². The number of ketones is 1. The van der Waals surface area contributed by atoms with Crippen LogP contribution in [-0.4, -0.2) is 74.3 Å². The Morgan fingerprint density at radius 1 is 0.912 bits per heavy atom. The number of nitrogens with one attached hydrogen (secondary N) is 1. The fourth-order valence-electron chi connectivity index (χ4n) is 4.49. The van der Waals surface area contributed by atoms with Crippen LogP contribution >= 0.6 is 0 Å². The van der Waals surface area contributed by atoms with Crippen molar-refractivity contribution >= 4 is 23.3 Å². The largest absolute Gasteiger partial charge is 0.493 e. The average Bonchev–Trinajstić information content (AvgIpc) is 2.87. The number of aryl methyl sites for hydroxylation is 1. The maximum Gasteiger partial charge on any atom is 0.253 e. The lowest BCUT2D eigenvalue weighted by atomic mass is 10.00. The van der Waals surface area contributed by atoms with Gasteiger partial charge in [0.05, 0.1) is 14.2 Å². The number of piperazine rings is 1. The molecule has 0 spiro atoms. The van der Waals surface area contributed by atoms with Gasteiger partial charge in [0.1, 0.15) is 0 Å². The topological polar surface area (TPSA) is 88.2 Å². The molecule has 0 radical (unpaired) electrons. The number of carbonyl (C=O) groups excluding carboxylic acids is 3. The van der Waals surface area contributed by atoms with E-state index >= 15 is 0 Å². The summed E-state index contributed by atoms with van der Waals surface area (Å²) in [6.07, 6.45) is 2.34. The quantitative estimate of drug-likeness (QED) is 0.603. The number of anilines is 1. The first kappa shape index (κ1) is 23.8. The van der Waals surface area contributed by atoms with Crippen molar-refractivity contribution < 1.29 is 23.9 Å². The molecule has 0 unspecified atom stereocenters. The highest BCUT2D eigenvalue weighted by Crippen LogP contribution is 2.28. The predicted octanol–water partition coefficient (Wildman–Crippen LogP) is 3.01. The summed E-state index contributed by atoms with van der Waals surface area (Å²) in [4.78, 5) is 41.3. The number of rotatable bonds is 8. The Morgan fingerprint density at radius 3 is 2.38 bits per heavy atom. The molecule has 1 N–H and O–H groups in total. The van der Waals surface area contributed by atoms with Crippen molar-refractivity contribution in [2.75, 3.05) is 52.3 Å². The molecule has 2 aliphatic heterocycles. The number of hydrogen-bond donors (Lipinski definition) is 1. The normalized spacial score (nSPS) is 15.9. The van der Waals surface area contributed by atoms with Gasteiger partial charge in [0.2, 0.25) is 5.91 Å². The van der Waals surface area contributed by atoms with Crippen LogP contribution in [0.1, 0.15) is 45.5 Å². The molecular formula is C26H31N3O5. The van der Waals surface area contributed by atoms with Gasteiger partial charge in [-0.1, -0.05) is 0 Å². The van der Waals surface area contributed by atoms with Crippen LogP contribution < -0.4 is 14.8 Å². The van der Waals surface area contributed by atoms with E-state index in [9.17, 15) is 14.4 Å². The van der Waals surface area contributed by atoms with Crippen molar-refractivity contribution in [3.05, 3.63) is 53.1 Å². The minimum Gasteiger partial charge on any atom is -0.493 e. The van der Waals surface area contributed by atoms with Crippen LogP contribution in [0.3, 0.4) is 0 Å². The molecule has 2 aromatic carbocycles. The average molecular weight is 466 g/mol. The number of fused-ring (bicyclic) bond motifs is 1. The number of nitrogens with zero attached hydrogens (tertiary/aromatic N) is 2. The second-order valence-corrected chi connectivity index (χ2v) is 8.65. The Bertz CT molecular complexity index is 1080. The van der Waals surface area contributed by atoms with Crippen LogP contribution in [-0.2, 0) is 11.2 Å². The molecule has 34 heavy (non-hydrogen) atoms. The molecular weight excluding hydrogens is 434 g/mol. The highest BCUT2D eigenvalue weighted by atomic mass is 16.5. The van der Waals surface area contributed by atoms with Crippen LogP contribution in [0.2, 0.25) is 0 Å². The van der Waals surface area contributed by atoms with Gasteiger partial charge in [-0.3, -0.25) is 19.3 Å². The molecule has 4 rings (SSSR count). The van der Waals surface area contributed by atoms with Crippen molar-refractivity contribution in [2.24, 2.45) is 0 Å². The summed E-state index contributed by atoms with van der Waals surface area (Å²) in [6, 6.07) is 10.8. The van der Waals surface area contributed by atoms with Crippen molar-refractivity contribution in [3.63, 3.8) is 0 Å². The zero-order valence-electron chi connectivity index (χ0n) is 19.8. The first-order valence-corrected chi connectivity index (χ1v) is 11.7. The van der Waals surface area contributed by atoms with E-state index in [1.807, 2.05) is 17.0 Å². The fraction of sp³-hybridized carbons (Fsp3) is 0.423. The number of methoxy groups -OCH3 is 2. The molecule has 8 nitrogen and oxygen atoms in total. The maximum atomic E-state index is 13.0. The summed E-state index contributed by atoms with van der Waals surface area (Å²) in [7, 11) is 3.13. The Kier molecular flexibility index (Phi) is 7.47. The lowest BCUT2D eigenvalue weighted by Gasteiger charge is -2.35. The molecule has 0 aliphatic carbocycles. The lowest BCUT2D eigenvalue weighted by Crippen LogP contribution is -2.48. The minimum atomic E-state index is 0.0214. The van der Waals surface area contributed by atoms with E-state index in [2.05, 4.69) is 10.2 Å². The number of carbonyl (C=O) groups is 3. The molecule has 2 aromatic rings. The Morgan fingerprint density at radius 2 is 1.65 bits per heavy atom. The third kappa shape index (κ3) is 5.39. The zero-order chi connectivity index (χ0) is 24.1. The summed E-state index contributed by atoms with van der Waals surface area (Å²) < 4.78 is 10.5. The fourth-order valence-corrected chi connectivity index (χ4v) is 4.49. The highest BCUT2D eigenvalue weighted by Gasteiger charge is 2.24. The van der Waals surface area contributed by atoms with Crippen molar-refractivity contribution in [3.8, 4) is 11.5 Å². The van der Waals surface area contributed by atoms with E-state index in [1.165, 1.54) is 0 Å². The lowest BCUT2D eigenvalue weighted by molar-refractivity contribution is -0.116. The first-order valence-electron chi connectivity index (χ1n) is 11.7. The molecule has 8 heteroatoms. The van der Waals surface area contributed by atoms with Gasteiger partial charge in [0.15, 0.2) is 17.3 Å². The summed E-state index contributed by atoms with van der Waals surface area (Å²) >= 11 is 0. The van der Waals surface area contributed by atoms with Crippen molar-refractivity contribution in [1.82, 2.24) is 9.80 Å². The Balaban J connectivity index is 1.23. The zero-order valence-corrected chi connectivity index (χ0v) is 19.8. The third-order valence-electron chi connectivity index (χ3n) is 6.49. The summed E-state index contributed by atoms with van der Waals surface area (Å²) in [5, 5.41) is 2.85. The number of ether oxygens (including phenoxy) is 2.